The summed E-state index contributed by atoms with van der Waals surface area (Å²) in [5.41, 5.74) is 4.22. The molecule has 0 bridgehead atoms. The summed E-state index contributed by atoms with van der Waals surface area (Å²) in [5.74, 6) is 0.357. The molecule has 0 saturated heterocycles. The molecule has 0 saturated carbocycles. The van der Waals surface area contributed by atoms with Gasteiger partial charge in [0.2, 0.25) is 5.89 Å². The van der Waals surface area contributed by atoms with E-state index in [1.165, 1.54) is 0 Å². The summed E-state index contributed by atoms with van der Waals surface area (Å²) in [6.07, 6.45) is 2.98. The molecule has 0 aliphatic heterocycles. The van der Waals surface area contributed by atoms with Crippen LogP contribution in [0.1, 0.15) is 30.2 Å². The zero-order valence-electron chi connectivity index (χ0n) is 17.1. The molecule has 0 fully saturated rings. The maximum atomic E-state index is 11.4. The fourth-order valence-corrected chi connectivity index (χ4v) is 3.92. The summed E-state index contributed by atoms with van der Waals surface area (Å²) < 4.78 is 30.0. The average molecular weight is 426 g/mol. The number of para-hydroxylation sites is 2. The molecule has 30 heavy (non-hydrogen) atoms. The van der Waals surface area contributed by atoms with E-state index in [-0.39, 0.29) is 17.6 Å². The molecule has 0 N–H and O–H groups in total. The van der Waals surface area contributed by atoms with Crippen LogP contribution in [0.4, 0.5) is 0 Å². The molecule has 0 aliphatic carbocycles. The van der Waals surface area contributed by atoms with Crippen LogP contribution in [-0.4, -0.2) is 46.3 Å². The number of nitrogens with zero attached hydrogens (tertiary/aromatic N) is 5. The van der Waals surface area contributed by atoms with Crippen molar-refractivity contribution in [3.63, 3.8) is 0 Å². The van der Waals surface area contributed by atoms with Gasteiger partial charge in [-0.1, -0.05) is 29.4 Å². The standard InChI is InChI=1S/C21H23N5O3S/c1-15(25(2)12-21-23-20(24-29-21)13-30(3,27)28)16-8-10-17(11-9-16)26-14-22-18-6-4-5-7-19(18)26/h4-11,14-15H,12-13H2,1-3H3/t15-/m1/s1. The van der Waals surface area contributed by atoms with Gasteiger partial charge in [0.05, 0.1) is 17.6 Å². The molecule has 156 valence electrons. The van der Waals surface area contributed by atoms with E-state index in [1.54, 1.807) is 0 Å². The highest BCUT2D eigenvalue weighted by molar-refractivity contribution is 7.89. The average Bonchev–Trinajstić information content (AvgIpc) is 3.33. The lowest BCUT2D eigenvalue weighted by Crippen LogP contribution is -2.22. The van der Waals surface area contributed by atoms with Gasteiger partial charge < -0.3 is 4.52 Å². The van der Waals surface area contributed by atoms with Crippen molar-refractivity contribution in [2.75, 3.05) is 13.3 Å². The molecule has 0 amide bonds. The van der Waals surface area contributed by atoms with Gasteiger partial charge in [-0.05, 0) is 43.8 Å². The maximum absolute atomic E-state index is 11.4. The molecule has 0 unspecified atom stereocenters. The maximum Gasteiger partial charge on any atom is 0.240 e. The van der Waals surface area contributed by atoms with E-state index < -0.39 is 9.84 Å². The van der Waals surface area contributed by atoms with Crippen LogP contribution in [0.2, 0.25) is 0 Å². The zero-order chi connectivity index (χ0) is 21.3. The number of benzene rings is 2. The van der Waals surface area contributed by atoms with Crippen LogP contribution in [0.3, 0.4) is 0 Å². The molecule has 2 heterocycles. The minimum absolute atomic E-state index is 0.101. The molecule has 4 rings (SSSR count). The SMILES string of the molecule is C[C@H](c1ccc(-n2cnc3ccccc32)cc1)N(C)Cc1nc(CS(C)(=O)=O)no1. The fraction of sp³-hybridized carbons (Fsp3) is 0.286. The molecule has 2 aromatic heterocycles. The Bertz CT molecular complexity index is 1260. The van der Waals surface area contributed by atoms with Gasteiger partial charge in [-0.3, -0.25) is 9.47 Å². The third-order valence-electron chi connectivity index (χ3n) is 5.05. The van der Waals surface area contributed by atoms with Crippen LogP contribution < -0.4 is 0 Å². The minimum Gasteiger partial charge on any atom is -0.338 e. The molecule has 2 aromatic carbocycles. The second-order valence-electron chi connectivity index (χ2n) is 7.46. The summed E-state index contributed by atoms with van der Waals surface area (Å²) in [5, 5.41) is 3.75. The minimum atomic E-state index is -3.19. The van der Waals surface area contributed by atoms with E-state index in [0.717, 1.165) is 28.5 Å². The van der Waals surface area contributed by atoms with Crippen LogP contribution in [0.15, 0.2) is 59.4 Å². The highest BCUT2D eigenvalue weighted by Crippen LogP contribution is 2.23. The lowest BCUT2D eigenvalue weighted by molar-refractivity contribution is 0.216. The Hall–Kier alpha value is -3.04. The first kappa shape index (κ1) is 20.2. The van der Waals surface area contributed by atoms with Gasteiger partial charge in [-0.15, -0.1) is 0 Å². The van der Waals surface area contributed by atoms with E-state index in [9.17, 15) is 8.42 Å². The molecular weight excluding hydrogens is 402 g/mol. The van der Waals surface area contributed by atoms with E-state index >= 15 is 0 Å². The number of rotatable bonds is 7. The molecule has 4 aromatic rings. The predicted octanol–water partition coefficient (Wildman–Crippen LogP) is 3.15. The number of hydrogen-bond donors (Lipinski definition) is 0. The van der Waals surface area contributed by atoms with Gasteiger partial charge in [0, 0.05) is 18.0 Å². The lowest BCUT2D eigenvalue weighted by Gasteiger charge is -2.23. The Kier molecular flexibility index (Phi) is 5.40. The van der Waals surface area contributed by atoms with Crippen molar-refractivity contribution in [3.8, 4) is 5.69 Å². The van der Waals surface area contributed by atoms with Crippen LogP contribution >= 0.6 is 0 Å². The molecule has 9 heteroatoms. The number of aromatic nitrogens is 4. The Morgan fingerprint density at radius 3 is 2.60 bits per heavy atom. The number of sulfone groups is 1. The van der Waals surface area contributed by atoms with Crippen LogP contribution in [0.5, 0.6) is 0 Å². The largest absolute Gasteiger partial charge is 0.338 e. The quantitative estimate of drug-likeness (QED) is 0.449. The summed E-state index contributed by atoms with van der Waals surface area (Å²) >= 11 is 0. The van der Waals surface area contributed by atoms with Gasteiger partial charge in [0.15, 0.2) is 15.7 Å². The molecule has 1 atom stereocenters. The summed E-state index contributed by atoms with van der Waals surface area (Å²) in [7, 11) is -1.23. The van der Waals surface area contributed by atoms with Crippen molar-refractivity contribution in [3.05, 3.63) is 72.1 Å². The van der Waals surface area contributed by atoms with Crippen molar-refractivity contribution in [1.82, 2.24) is 24.6 Å². The number of imidazole rings is 1. The van der Waals surface area contributed by atoms with Crippen molar-refractivity contribution in [2.24, 2.45) is 0 Å². The Morgan fingerprint density at radius 1 is 1.13 bits per heavy atom. The first-order valence-electron chi connectivity index (χ1n) is 9.52. The molecule has 0 spiro atoms. The summed E-state index contributed by atoms with van der Waals surface area (Å²) in [6, 6.07) is 16.5. The van der Waals surface area contributed by atoms with E-state index in [4.69, 9.17) is 4.52 Å². The normalized spacial score (nSPS) is 13.2. The second kappa shape index (κ2) is 8.00. The first-order valence-corrected chi connectivity index (χ1v) is 11.6. The number of fused-ring (bicyclic) bond motifs is 1. The Balaban J connectivity index is 1.46. The van der Waals surface area contributed by atoms with Crippen molar-refractivity contribution in [1.29, 1.82) is 0 Å². The van der Waals surface area contributed by atoms with Crippen LogP contribution in [0.25, 0.3) is 16.7 Å². The smallest absolute Gasteiger partial charge is 0.240 e. The van der Waals surface area contributed by atoms with Crippen molar-refractivity contribution >= 4 is 20.9 Å². The summed E-state index contributed by atoms with van der Waals surface area (Å²) in [6.45, 7) is 2.52. The Morgan fingerprint density at radius 2 is 1.87 bits per heavy atom. The van der Waals surface area contributed by atoms with Crippen molar-refractivity contribution < 1.29 is 12.9 Å². The zero-order valence-corrected chi connectivity index (χ0v) is 17.9. The van der Waals surface area contributed by atoms with E-state index in [2.05, 4.69) is 61.8 Å². The van der Waals surface area contributed by atoms with E-state index in [1.807, 2.05) is 31.6 Å². The van der Waals surface area contributed by atoms with Crippen molar-refractivity contribution in [2.45, 2.75) is 25.3 Å². The predicted molar refractivity (Wildman–Crippen MR) is 114 cm³/mol. The fourth-order valence-electron chi connectivity index (χ4n) is 3.33. The topological polar surface area (TPSA) is 94.1 Å². The first-order chi connectivity index (χ1) is 14.3. The van der Waals surface area contributed by atoms with E-state index in [0.29, 0.717) is 12.4 Å². The highest BCUT2D eigenvalue weighted by Gasteiger charge is 2.17. The van der Waals surface area contributed by atoms with Gasteiger partial charge >= 0.3 is 0 Å². The molecular formula is C21H23N5O3S. The van der Waals surface area contributed by atoms with Crippen LogP contribution in [0, 0.1) is 0 Å². The third-order valence-corrected chi connectivity index (χ3v) is 5.84. The van der Waals surface area contributed by atoms with Gasteiger partial charge in [-0.2, -0.15) is 4.98 Å². The molecule has 0 radical (unpaired) electrons. The summed E-state index contributed by atoms with van der Waals surface area (Å²) in [4.78, 5) is 10.7. The van der Waals surface area contributed by atoms with Crippen LogP contribution in [-0.2, 0) is 22.1 Å². The molecule has 8 nitrogen and oxygen atoms in total. The van der Waals surface area contributed by atoms with Gasteiger partial charge in [-0.25, -0.2) is 13.4 Å². The highest BCUT2D eigenvalue weighted by atomic mass is 32.2. The third kappa shape index (κ3) is 4.42. The second-order valence-corrected chi connectivity index (χ2v) is 9.60. The lowest BCUT2D eigenvalue weighted by atomic mass is 10.1. The monoisotopic (exact) mass is 425 g/mol. The molecule has 0 aliphatic rings. The van der Waals surface area contributed by atoms with Gasteiger partial charge in [0.25, 0.3) is 0 Å². The van der Waals surface area contributed by atoms with Gasteiger partial charge in [0.1, 0.15) is 12.1 Å². The number of hydrogen-bond acceptors (Lipinski definition) is 7. The Labute approximate surface area is 175 Å².